The zero-order chi connectivity index (χ0) is 21.9. The van der Waals surface area contributed by atoms with Crippen LogP contribution >= 0.6 is 0 Å². The Morgan fingerprint density at radius 3 is 2.68 bits per heavy atom. The Kier molecular flexibility index (Phi) is 4.84. The predicted octanol–water partition coefficient (Wildman–Crippen LogP) is 4.24. The average Bonchev–Trinajstić information content (AvgIpc) is 3.35. The number of piperidine rings is 1. The molecule has 1 saturated carbocycles. The number of hydrogen-bond acceptors (Lipinski definition) is 4. The lowest BCUT2D eigenvalue weighted by Crippen LogP contribution is -2.45. The molecule has 1 unspecified atom stereocenters. The molecule has 3 aliphatic rings. The third kappa shape index (κ3) is 3.25. The van der Waals surface area contributed by atoms with Crippen LogP contribution in [0.4, 0.5) is 13.2 Å². The molecule has 2 aromatic carbocycles. The second-order valence-electron chi connectivity index (χ2n) is 9.00. The van der Waals surface area contributed by atoms with Crippen LogP contribution in [0.5, 0.6) is 5.75 Å². The van der Waals surface area contributed by atoms with Crippen LogP contribution in [-0.4, -0.2) is 32.0 Å². The summed E-state index contributed by atoms with van der Waals surface area (Å²) in [4.78, 5) is 0. The van der Waals surface area contributed by atoms with Gasteiger partial charge in [0, 0.05) is 24.2 Å². The van der Waals surface area contributed by atoms with E-state index in [1.54, 1.807) is 19.2 Å². The van der Waals surface area contributed by atoms with Gasteiger partial charge in [-0.2, -0.15) is 13.2 Å². The summed E-state index contributed by atoms with van der Waals surface area (Å²) in [5.41, 5.74) is 0.401. The highest BCUT2D eigenvalue weighted by atomic mass is 19.4. The van der Waals surface area contributed by atoms with Gasteiger partial charge in [0.25, 0.3) is 0 Å². The molecule has 166 valence electrons. The number of rotatable bonds is 5. The van der Waals surface area contributed by atoms with E-state index in [1.165, 1.54) is 5.56 Å². The van der Waals surface area contributed by atoms with Crippen molar-refractivity contribution < 1.29 is 22.6 Å². The van der Waals surface area contributed by atoms with E-state index in [4.69, 9.17) is 9.47 Å². The Balaban J connectivity index is 1.44. The minimum Gasteiger partial charge on any atom is -0.496 e. The van der Waals surface area contributed by atoms with E-state index in [2.05, 4.69) is 22.8 Å². The molecule has 0 spiro atoms. The number of halogens is 3. The van der Waals surface area contributed by atoms with Gasteiger partial charge in [0.1, 0.15) is 5.75 Å². The first-order valence-electron chi connectivity index (χ1n) is 10.7. The quantitative estimate of drug-likeness (QED) is 0.742. The smallest absolute Gasteiger partial charge is 0.421 e. The van der Waals surface area contributed by atoms with E-state index >= 15 is 0 Å². The van der Waals surface area contributed by atoms with Crippen molar-refractivity contribution in [3.8, 4) is 5.75 Å². The van der Waals surface area contributed by atoms with E-state index in [1.807, 2.05) is 18.2 Å². The maximum Gasteiger partial charge on any atom is 0.421 e. The Morgan fingerprint density at radius 2 is 2.00 bits per heavy atom. The lowest BCUT2D eigenvalue weighted by Gasteiger charge is -2.38. The largest absolute Gasteiger partial charge is 0.496 e. The van der Waals surface area contributed by atoms with Crippen molar-refractivity contribution in [1.82, 2.24) is 10.6 Å². The van der Waals surface area contributed by atoms with Crippen LogP contribution in [0.15, 0.2) is 42.5 Å². The molecule has 31 heavy (non-hydrogen) atoms. The van der Waals surface area contributed by atoms with Gasteiger partial charge in [-0.15, -0.1) is 0 Å². The lowest BCUT2D eigenvalue weighted by atomic mass is 9.85. The molecule has 2 N–H and O–H groups in total. The van der Waals surface area contributed by atoms with Crippen LogP contribution in [-0.2, 0) is 23.3 Å². The lowest BCUT2D eigenvalue weighted by molar-refractivity contribution is -0.281. The second kappa shape index (κ2) is 7.22. The van der Waals surface area contributed by atoms with Crippen molar-refractivity contribution in [3.63, 3.8) is 0 Å². The molecule has 2 aliphatic heterocycles. The molecular formula is C24H27F3N2O2. The van der Waals surface area contributed by atoms with Gasteiger partial charge in [-0.1, -0.05) is 30.3 Å². The van der Waals surface area contributed by atoms with E-state index in [9.17, 15) is 13.2 Å². The van der Waals surface area contributed by atoms with Crippen LogP contribution in [0.3, 0.4) is 0 Å². The summed E-state index contributed by atoms with van der Waals surface area (Å²) in [5.74, 6) is 1.14. The number of ether oxygens (including phenoxy) is 2. The molecule has 2 fully saturated rings. The fourth-order valence-electron chi connectivity index (χ4n) is 5.36. The molecule has 4 atom stereocenters. The van der Waals surface area contributed by atoms with E-state index < -0.39 is 11.8 Å². The van der Waals surface area contributed by atoms with Gasteiger partial charge in [-0.05, 0) is 54.5 Å². The van der Waals surface area contributed by atoms with Crippen molar-refractivity contribution in [1.29, 1.82) is 0 Å². The molecule has 5 rings (SSSR count). The summed E-state index contributed by atoms with van der Waals surface area (Å²) in [7, 11) is 1.57. The third-order valence-corrected chi connectivity index (χ3v) is 7.30. The summed E-state index contributed by atoms with van der Waals surface area (Å²) >= 11 is 0. The molecular weight excluding hydrogens is 405 g/mol. The Morgan fingerprint density at radius 1 is 1.23 bits per heavy atom. The van der Waals surface area contributed by atoms with E-state index in [0.29, 0.717) is 30.2 Å². The Hall–Kier alpha value is -2.09. The standard InChI is InChI=1S/C24H27F3N2O2/c1-22(24(25,26)27)19-10-17(20(30-2)11-16(19)8-9-31-22)13-29-23-12-18(23)14-28-21(23)15-6-4-3-5-7-15/h3-7,10-11,18,21,28-29H,8-9,12-14H2,1-2H3/t18-,21-,22?,23-/m1/s1. The van der Waals surface area contributed by atoms with Crippen LogP contribution in [0.1, 0.15) is 41.6 Å². The zero-order valence-electron chi connectivity index (χ0n) is 17.7. The summed E-state index contributed by atoms with van der Waals surface area (Å²) in [6.07, 6.45) is -3.00. The predicted molar refractivity (Wildman–Crippen MR) is 111 cm³/mol. The third-order valence-electron chi connectivity index (χ3n) is 7.30. The number of fused-ring (bicyclic) bond motifs is 2. The van der Waals surface area contributed by atoms with Crippen molar-refractivity contribution in [2.75, 3.05) is 20.3 Å². The van der Waals surface area contributed by atoms with E-state index in [0.717, 1.165) is 25.5 Å². The average molecular weight is 432 g/mol. The van der Waals surface area contributed by atoms with Crippen LogP contribution in [0.2, 0.25) is 0 Å². The number of methoxy groups -OCH3 is 1. The van der Waals surface area contributed by atoms with Gasteiger partial charge in [-0.3, -0.25) is 0 Å². The Bertz CT molecular complexity index is 981. The van der Waals surface area contributed by atoms with Crippen molar-refractivity contribution >= 4 is 0 Å². The molecule has 0 radical (unpaired) electrons. The Labute approximate surface area is 180 Å². The molecule has 0 aromatic heterocycles. The fraction of sp³-hybridized carbons (Fsp3) is 0.500. The first kappa shape index (κ1) is 20.8. The van der Waals surface area contributed by atoms with Crippen molar-refractivity contribution in [2.24, 2.45) is 5.92 Å². The van der Waals surface area contributed by atoms with Gasteiger partial charge in [-0.25, -0.2) is 0 Å². The summed E-state index contributed by atoms with van der Waals surface area (Å²) < 4.78 is 52.5. The molecule has 1 aliphatic carbocycles. The number of alkyl halides is 3. The molecule has 2 heterocycles. The zero-order valence-corrected chi connectivity index (χ0v) is 17.7. The topological polar surface area (TPSA) is 42.5 Å². The first-order valence-corrected chi connectivity index (χ1v) is 10.7. The van der Waals surface area contributed by atoms with Crippen LogP contribution < -0.4 is 15.4 Å². The molecule has 4 nitrogen and oxygen atoms in total. The molecule has 0 bridgehead atoms. The summed E-state index contributed by atoms with van der Waals surface area (Å²) in [5, 5.41) is 7.28. The summed E-state index contributed by atoms with van der Waals surface area (Å²) in [6, 6.07) is 13.9. The molecule has 0 amide bonds. The van der Waals surface area contributed by atoms with Gasteiger partial charge < -0.3 is 20.1 Å². The molecule has 2 aromatic rings. The minimum atomic E-state index is -4.49. The fourth-order valence-corrected chi connectivity index (χ4v) is 5.36. The normalized spacial score (nSPS) is 31.8. The highest BCUT2D eigenvalue weighted by Gasteiger charge is 2.63. The van der Waals surface area contributed by atoms with Crippen molar-refractivity contribution in [2.45, 2.75) is 49.7 Å². The molecule has 7 heteroatoms. The van der Waals surface area contributed by atoms with Gasteiger partial charge >= 0.3 is 6.18 Å². The molecule has 1 saturated heterocycles. The first-order chi connectivity index (χ1) is 14.8. The maximum atomic E-state index is 13.9. The van der Waals surface area contributed by atoms with Gasteiger partial charge in [0.2, 0.25) is 0 Å². The minimum absolute atomic E-state index is 0.0407. The number of nitrogens with one attached hydrogen (secondary N) is 2. The number of benzene rings is 2. The van der Waals surface area contributed by atoms with Gasteiger partial charge in [0.05, 0.1) is 19.8 Å². The van der Waals surface area contributed by atoms with Crippen LogP contribution in [0.25, 0.3) is 0 Å². The van der Waals surface area contributed by atoms with Crippen LogP contribution in [0, 0.1) is 5.92 Å². The highest BCUT2D eigenvalue weighted by Crippen LogP contribution is 2.56. The van der Waals surface area contributed by atoms with E-state index in [-0.39, 0.29) is 23.8 Å². The number of hydrogen-bond donors (Lipinski definition) is 2. The van der Waals surface area contributed by atoms with Gasteiger partial charge in [0.15, 0.2) is 5.60 Å². The van der Waals surface area contributed by atoms with Crippen molar-refractivity contribution in [3.05, 3.63) is 64.7 Å². The highest BCUT2D eigenvalue weighted by molar-refractivity contribution is 5.47. The monoisotopic (exact) mass is 432 g/mol. The second-order valence-corrected chi connectivity index (χ2v) is 9.00. The SMILES string of the molecule is COc1cc2c(cc1CN[C@]13C[C@@H]1CN[C@@H]3c1ccccc1)C(C)(C(F)(F)F)OCC2. The maximum absolute atomic E-state index is 13.9. The summed E-state index contributed by atoms with van der Waals surface area (Å²) in [6.45, 7) is 2.54.